The third kappa shape index (κ3) is 6.26. The first-order valence-electron chi connectivity index (χ1n) is 9.76. The minimum Gasteiger partial charge on any atom is -0.497 e. The fraction of sp³-hybridized carbons (Fsp3) is 0.174. The van der Waals surface area contributed by atoms with Crippen LogP contribution in [0.4, 0.5) is 18.9 Å². The number of hydrogen-bond donors (Lipinski definition) is 1. The van der Waals surface area contributed by atoms with Crippen molar-refractivity contribution in [3.8, 4) is 5.75 Å². The van der Waals surface area contributed by atoms with Crippen LogP contribution in [0.1, 0.15) is 15.9 Å². The number of anilines is 1. The van der Waals surface area contributed by atoms with Crippen molar-refractivity contribution < 1.29 is 31.1 Å². The van der Waals surface area contributed by atoms with Gasteiger partial charge in [-0.1, -0.05) is 30.3 Å². The molecule has 0 atom stereocenters. The van der Waals surface area contributed by atoms with Gasteiger partial charge in [0.25, 0.3) is 15.9 Å². The lowest BCUT2D eigenvalue weighted by Crippen LogP contribution is -2.33. The molecule has 0 heterocycles. The number of nitrogens with one attached hydrogen (secondary N) is 1. The number of hydrogen-bond acceptors (Lipinski definition) is 4. The summed E-state index contributed by atoms with van der Waals surface area (Å²) in [6.07, 6.45) is -4.55. The summed E-state index contributed by atoms with van der Waals surface area (Å²) >= 11 is 0. The van der Waals surface area contributed by atoms with Gasteiger partial charge in [0.15, 0.2) is 0 Å². The van der Waals surface area contributed by atoms with Crippen LogP contribution >= 0.6 is 0 Å². The monoisotopic (exact) mass is 478 g/mol. The first-order chi connectivity index (χ1) is 15.6. The van der Waals surface area contributed by atoms with E-state index in [-0.39, 0.29) is 17.0 Å². The van der Waals surface area contributed by atoms with Gasteiger partial charge < -0.3 is 10.1 Å². The van der Waals surface area contributed by atoms with Crippen molar-refractivity contribution in [2.75, 3.05) is 18.0 Å². The van der Waals surface area contributed by atoms with Crippen molar-refractivity contribution in [2.24, 2.45) is 0 Å². The predicted octanol–water partition coefficient (Wildman–Crippen LogP) is 4.38. The molecule has 3 aromatic rings. The molecule has 0 aliphatic rings. The second-order valence-corrected chi connectivity index (χ2v) is 8.88. The van der Waals surface area contributed by atoms with E-state index in [1.807, 2.05) is 6.07 Å². The molecule has 174 valence electrons. The van der Waals surface area contributed by atoms with E-state index in [1.54, 1.807) is 53.8 Å². The number of ether oxygens (including phenoxy) is 1. The molecule has 0 aliphatic heterocycles. The first-order valence-corrected chi connectivity index (χ1v) is 11.2. The summed E-state index contributed by atoms with van der Waals surface area (Å²) in [4.78, 5) is 11.8. The quantitative estimate of drug-likeness (QED) is 0.521. The Morgan fingerprint density at radius 1 is 0.939 bits per heavy atom. The number of methoxy groups -OCH3 is 1. The number of carbonyl (C=O) groups excluding carboxylic acids is 1. The summed E-state index contributed by atoms with van der Waals surface area (Å²) in [6.45, 7) is -1.43. The molecule has 1 amide bonds. The third-order valence-corrected chi connectivity index (χ3v) is 6.47. The van der Waals surface area contributed by atoms with E-state index in [0.29, 0.717) is 11.4 Å². The van der Waals surface area contributed by atoms with E-state index in [4.69, 9.17) is 4.74 Å². The zero-order chi connectivity index (χ0) is 24.1. The van der Waals surface area contributed by atoms with Crippen LogP contribution in [0.15, 0.2) is 83.8 Å². The largest absolute Gasteiger partial charge is 0.497 e. The average Bonchev–Trinajstić information content (AvgIpc) is 2.81. The lowest BCUT2D eigenvalue weighted by Gasteiger charge is -2.25. The molecule has 0 radical (unpaired) electrons. The third-order valence-electron chi connectivity index (χ3n) is 4.68. The van der Waals surface area contributed by atoms with Crippen LogP contribution in [-0.4, -0.2) is 34.2 Å². The number of carbonyl (C=O) groups is 1. The highest BCUT2D eigenvalue weighted by atomic mass is 32.2. The number of halogens is 3. The van der Waals surface area contributed by atoms with Crippen LogP contribution in [-0.2, 0) is 16.6 Å². The Labute approximate surface area is 189 Å². The maximum atomic E-state index is 13.5. The second kappa shape index (κ2) is 9.95. The van der Waals surface area contributed by atoms with Gasteiger partial charge in [0.1, 0.15) is 12.3 Å². The molecule has 33 heavy (non-hydrogen) atoms. The predicted molar refractivity (Wildman–Crippen MR) is 118 cm³/mol. The Bertz CT molecular complexity index is 1180. The number of nitrogens with zero attached hydrogens (tertiary/aromatic N) is 1. The number of alkyl halides is 3. The summed E-state index contributed by atoms with van der Waals surface area (Å²) in [6, 6.07) is 20.2. The summed E-state index contributed by atoms with van der Waals surface area (Å²) in [5.74, 6) is -0.391. The fourth-order valence-electron chi connectivity index (χ4n) is 3.00. The number of rotatable bonds is 8. The molecular formula is C23H21F3N2O4S. The van der Waals surface area contributed by atoms with E-state index < -0.39 is 28.7 Å². The van der Waals surface area contributed by atoms with Gasteiger partial charge in [-0.15, -0.1) is 0 Å². The van der Waals surface area contributed by atoms with Crippen molar-refractivity contribution in [1.82, 2.24) is 5.32 Å². The molecule has 0 bridgehead atoms. The molecule has 0 spiro atoms. The standard InChI is InChI=1S/C23H21F3N2O4S/c1-32-20-11-9-19(10-12-20)28(15-17-5-3-2-4-6-17)33(30,31)21-13-7-18(8-14-21)22(29)27-16-23(24,25)26/h2-14H,15-16H2,1H3,(H,27,29). The normalized spacial score (nSPS) is 11.6. The van der Waals surface area contributed by atoms with Gasteiger partial charge in [0.05, 0.1) is 24.2 Å². The molecule has 3 aromatic carbocycles. The van der Waals surface area contributed by atoms with E-state index in [0.717, 1.165) is 5.56 Å². The minimum absolute atomic E-state index is 0.0450. The van der Waals surface area contributed by atoms with Crippen LogP contribution < -0.4 is 14.4 Å². The van der Waals surface area contributed by atoms with Crippen LogP contribution in [0.25, 0.3) is 0 Å². The zero-order valence-corrected chi connectivity index (χ0v) is 18.4. The second-order valence-electron chi connectivity index (χ2n) is 7.02. The van der Waals surface area contributed by atoms with Crippen LogP contribution in [0.3, 0.4) is 0 Å². The van der Waals surface area contributed by atoms with E-state index in [2.05, 4.69) is 0 Å². The minimum atomic E-state index is -4.55. The molecule has 0 aromatic heterocycles. The van der Waals surface area contributed by atoms with Crippen molar-refractivity contribution in [1.29, 1.82) is 0 Å². The fourth-order valence-corrected chi connectivity index (χ4v) is 4.45. The Morgan fingerprint density at radius 3 is 2.09 bits per heavy atom. The smallest absolute Gasteiger partial charge is 0.405 e. The number of amides is 1. The molecule has 6 nitrogen and oxygen atoms in total. The van der Waals surface area contributed by atoms with Crippen LogP contribution in [0.2, 0.25) is 0 Å². The maximum absolute atomic E-state index is 13.5. The highest BCUT2D eigenvalue weighted by molar-refractivity contribution is 7.92. The summed E-state index contributed by atoms with van der Waals surface area (Å²) in [7, 11) is -2.57. The zero-order valence-electron chi connectivity index (χ0n) is 17.5. The summed E-state index contributed by atoms with van der Waals surface area (Å²) in [5.41, 5.74) is 1.06. The molecule has 0 unspecified atom stereocenters. The molecule has 3 rings (SSSR count). The Kier molecular flexibility index (Phi) is 7.27. The highest BCUT2D eigenvalue weighted by Crippen LogP contribution is 2.28. The first kappa shape index (κ1) is 24.1. The highest BCUT2D eigenvalue weighted by Gasteiger charge is 2.28. The van der Waals surface area contributed by atoms with Crippen molar-refractivity contribution in [2.45, 2.75) is 17.6 Å². The Balaban J connectivity index is 1.91. The van der Waals surface area contributed by atoms with Gasteiger partial charge in [-0.25, -0.2) is 8.42 Å². The van der Waals surface area contributed by atoms with Crippen LogP contribution in [0.5, 0.6) is 5.75 Å². The van der Waals surface area contributed by atoms with Crippen LogP contribution in [0, 0.1) is 0 Å². The van der Waals surface area contributed by atoms with E-state index in [1.165, 1.54) is 35.7 Å². The van der Waals surface area contributed by atoms with Gasteiger partial charge in [-0.05, 0) is 54.1 Å². The summed E-state index contributed by atoms with van der Waals surface area (Å²) < 4.78 is 70.3. The van der Waals surface area contributed by atoms with Crippen molar-refractivity contribution in [3.63, 3.8) is 0 Å². The molecular weight excluding hydrogens is 457 g/mol. The SMILES string of the molecule is COc1ccc(N(Cc2ccccc2)S(=O)(=O)c2ccc(C(=O)NCC(F)(F)F)cc2)cc1. The van der Waals surface area contributed by atoms with Gasteiger partial charge in [-0.3, -0.25) is 9.10 Å². The Hall–Kier alpha value is -3.53. The molecule has 0 saturated heterocycles. The lowest BCUT2D eigenvalue weighted by molar-refractivity contribution is -0.123. The van der Waals surface area contributed by atoms with E-state index >= 15 is 0 Å². The van der Waals surface area contributed by atoms with Gasteiger partial charge >= 0.3 is 6.18 Å². The van der Waals surface area contributed by atoms with Gasteiger partial charge in [0, 0.05) is 5.56 Å². The van der Waals surface area contributed by atoms with Crippen molar-refractivity contribution in [3.05, 3.63) is 90.0 Å². The van der Waals surface area contributed by atoms with Crippen molar-refractivity contribution >= 4 is 21.6 Å². The topological polar surface area (TPSA) is 75.7 Å². The maximum Gasteiger partial charge on any atom is 0.405 e. The molecule has 0 fully saturated rings. The van der Waals surface area contributed by atoms with Gasteiger partial charge in [-0.2, -0.15) is 13.2 Å². The lowest BCUT2D eigenvalue weighted by atomic mass is 10.2. The Morgan fingerprint density at radius 2 is 1.55 bits per heavy atom. The number of benzene rings is 3. The van der Waals surface area contributed by atoms with Gasteiger partial charge in [0.2, 0.25) is 0 Å². The average molecular weight is 478 g/mol. The molecule has 0 saturated carbocycles. The molecule has 10 heteroatoms. The molecule has 0 aliphatic carbocycles. The van der Waals surface area contributed by atoms with E-state index in [9.17, 15) is 26.4 Å². The number of sulfonamides is 1. The molecule has 1 N–H and O–H groups in total. The summed E-state index contributed by atoms with van der Waals surface area (Å²) in [5, 5.41) is 1.75.